The number of hydrogen-bond donors (Lipinski definition) is 2. The van der Waals surface area contributed by atoms with Gasteiger partial charge in [-0.2, -0.15) is 4.98 Å². The zero-order valence-corrected chi connectivity index (χ0v) is 11.9. The summed E-state index contributed by atoms with van der Waals surface area (Å²) < 4.78 is 0. The fourth-order valence-electron chi connectivity index (χ4n) is 1.59. The fraction of sp³-hybridized carbons (Fsp3) is 0.167. The van der Waals surface area contributed by atoms with Crippen LogP contribution in [0.25, 0.3) is 0 Å². The lowest BCUT2D eigenvalue weighted by Crippen LogP contribution is -2.16. The lowest BCUT2D eigenvalue weighted by atomic mass is 10.1. The second kappa shape index (κ2) is 6.39. The van der Waals surface area contributed by atoms with E-state index in [-0.39, 0.29) is 11.9 Å². The smallest absolute Gasteiger partial charge is 0.224 e. The van der Waals surface area contributed by atoms with Crippen LogP contribution in [0.1, 0.15) is 11.6 Å². The Kier molecular flexibility index (Phi) is 4.82. The monoisotopic (exact) mass is 317 g/mol. The van der Waals surface area contributed by atoms with Crippen LogP contribution in [0.4, 0.5) is 5.82 Å². The van der Waals surface area contributed by atoms with Gasteiger partial charge in [-0.25, -0.2) is 4.98 Å². The van der Waals surface area contributed by atoms with E-state index in [1.54, 1.807) is 6.07 Å². The van der Waals surface area contributed by atoms with Gasteiger partial charge >= 0.3 is 0 Å². The number of rotatable bonds is 4. The Morgan fingerprint density at radius 2 is 1.89 bits per heavy atom. The molecular weight excluding hydrogens is 309 g/mol. The third-order valence-corrected chi connectivity index (χ3v) is 3.29. The van der Waals surface area contributed by atoms with Crippen LogP contribution in [0, 0.1) is 0 Å². The van der Waals surface area contributed by atoms with E-state index in [9.17, 15) is 5.11 Å². The summed E-state index contributed by atoms with van der Waals surface area (Å²) in [5.41, 5.74) is 0.748. The second-order valence-corrected chi connectivity index (χ2v) is 4.89. The largest absolute Gasteiger partial charge is 0.394 e. The standard InChI is InChI=1S/C12H10Cl3N3O/c13-8-4-2-1-3-7(8)10(6-19)17-11-9(14)5-16-12(15)18-11/h1-5,10,19H,6H2,(H,16,17,18). The molecule has 0 radical (unpaired) electrons. The van der Waals surface area contributed by atoms with Gasteiger partial charge in [-0.3, -0.25) is 0 Å². The van der Waals surface area contributed by atoms with Crippen molar-refractivity contribution < 1.29 is 5.11 Å². The van der Waals surface area contributed by atoms with Crippen molar-refractivity contribution in [3.8, 4) is 0 Å². The molecule has 1 aromatic heterocycles. The Morgan fingerprint density at radius 3 is 2.58 bits per heavy atom. The first-order valence-corrected chi connectivity index (χ1v) is 6.55. The summed E-state index contributed by atoms with van der Waals surface area (Å²) in [6.45, 7) is -0.165. The van der Waals surface area contributed by atoms with E-state index in [2.05, 4.69) is 15.3 Å². The molecule has 0 saturated heterocycles. The minimum atomic E-state index is -0.433. The summed E-state index contributed by atoms with van der Waals surface area (Å²) >= 11 is 17.8. The molecule has 0 bridgehead atoms. The minimum Gasteiger partial charge on any atom is -0.394 e. The molecule has 0 amide bonds. The first kappa shape index (κ1) is 14.3. The zero-order valence-electron chi connectivity index (χ0n) is 9.65. The van der Waals surface area contributed by atoms with Gasteiger partial charge in [0.05, 0.1) is 18.8 Å². The molecule has 0 spiro atoms. The van der Waals surface area contributed by atoms with Gasteiger partial charge in [0, 0.05) is 5.02 Å². The van der Waals surface area contributed by atoms with E-state index in [1.807, 2.05) is 18.2 Å². The molecule has 1 unspecified atom stereocenters. The average Bonchev–Trinajstić information content (AvgIpc) is 2.41. The van der Waals surface area contributed by atoms with E-state index in [0.29, 0.717) is 15.9 Å². The summed E-state index contributed by atoms with van der Waals surface area (Å²) in [5.74, 6) is 0.348. The van der Waals surface area contributed by atoms with Gasteiger partial charge in [-0.15, -0.1) is 0 Å². The van der Waals surface area contributed by atoms with Crippen molar-refractivity contribution in [1.82, 2.24) is 9.97 Å². The van der Waals surface area contributed by atoms with Gasteiger partial charge in [-0.1, -0.05) is 41.4 Å². The number of nitrogens with zero attached hydrogens (tertiary/aromatic N) is 2. The summed E-state index contributed by atoms with van der Waals surface area (Å²) in [4.78, 5) is 7.73. The molecule has 0 aliphatic heterocycles. The SMILES string of the molecule is OCC(Nc1nc(Cl)ncc1Cl)c1ccccc1Cl. The van der Waals surface area contributed by atoms with Crippen LogP contribution >= 0.6 is 34.8 Å². The highest BCUT2D eigenvalue weighted by Crippen LogP contribution is 2.28. The van der Waals surface area contributed by atoms with Crippen molar-refractivity contribution in [2.45, 2.75) is 6.04 Å². The molecule has 100 valence electrons. The Balaban J connectivity index is 2.29. The summed E-state index contributed by atoms with van der Waals surface area (Å²) in [6.07, 6.45) is 1.39. The van der Waals surface area contributed by atoms with Gasteiger partial charge in [0.2, 0.25) is 5.28 Å². The predicted molar refractivity (Wildman–Crippen MR) is 77.0 cm³/mol. The van der Waals surface area contributed by atoms with E-state index in [4.69, 9.17) is 34.8 Å². The number of nitrogens with one attached hydrogen (secondary N) is 1. The molecule has 1 atom stereocenters. The highest BCUT2D eigenvalue weighted by molar-refractivity contribution is 6.33. The van der Waals surface area contributed by atoms with Crippen molar-refractivity contribution in [1.29, 1.82) is 0 Å². The lowest BCUT2D eigenvalue weighted by molar-refractivity contribution is 0.276. The first-order valence-electron chi connectivity index (χ1n) is 5.41. The predicted octanol–water partition coefficient (Wildman–Crippen LogP) is 3.58. The van der Waals surface area contributed by atoms with Crippen LogP contribution in [0.3, 0.4) is 0 Å². The summed E-state index contributed by atoms with van der Waals surface area (Å²) in [6, 6.07) is 6.77. The Morgan fingerprint density at radius 1 is 1.16 bits per heavy atom. The van der Waals surface area contributed by atoms with Crippen LogP contribution in [0.15, 0.2) is 30.5 Å². The van der Waals surface area contributed by atoms with E-state index in [1.165, 1.54) is 6.20 Å². The third-order valence-electron chi connectivity index (χ3n) is 2.49. The van der Waals surface area contributed by atoms with Crippen molar-refractivity contribution in [3.05, 3.63) is 51.4 Å². The molecule has 4 nitrogen and oxygen atoms in total. The molecule has 2 rings (SSSR count). The van der Waals surface area contributed by atoms with Crippen LogP contribution in [0.2, 0.25) is 15.3 Å². The Hall–Kier alpha value is -1.07. The molecule has 7 heteroatoms. The molecule has 0 aliphatic carbocycles. The van der Waals surface area contributed by atoms with Gasteiger partial charge in [0.1, 0.15) is 10.8 Å². The quantitative estimate of drug-likeness (QED) is 0.846. The molecule has 19 heavy (non-hydrogen) atoms. The summed E-state index contributed by atoms with van der Waals surface area (Å²) in [7, 11) is 0. The van der Waals surface area contributed by atoms with Crippen molar-refractivity contribution in [2.24, 2.45) is 0 Å². The molecule has 2 aromatic rings. The Labute approximate surface area is 125 Å². The third kappa shape index (κ3) is 3.48. The molecule has 0 saturated carbocycles. The normalized spacial score (nSPS) is 12.2. The highest BCUT2D eigenvalue weighted by atomic mass is 35.5. The molecule has 1 aromatic carbocycles. The van der Waals surface area contributed by atoms with Gasteiger partial charge < -0.3 is 10.4 Å². The van der Waals surface area contributed by atoms with Crippen molar-refractivity contribution in [3.63, 3.8) is 0 Å². The lowest BCUT2D eigenvalue weighted by Gasteiger charge is -2.19. The fourth-order valence-corrected chi connectivity index (χ4v) is 2.14. The van der Waals surface area contributed by atoms with Crippen LogP contribution in [-0.4, -0.2) is 21.7 Å². The van der Waals surface area contributed by atoms with E-state index in [0.717, 1.165) is 5.56 Å². The molecular formula is C12H10Cl3N3O. The highest BCUT2D eigenvalue weighted by Gasteiger charge is 2.16. The average molecular weight is 319 g/mol. The number of aliphatic hydroxyl groups excluding tert-OH is 1. The maximum atomic E-state index is 9.48. The zero-order chi connectivity index (χ0) is 13.8. The van der Waals surface area contributed by atoms with Gasteiger partial charge in [0.25, 0.3) is 0 Å². The van der Waals surface area contributed by atoms with Crippen molar-refractivity contribution in [2.75, 3.05) is 11.9 Å². The number of halogens is 3. The maximum absolute atomic E-state index is 9.48. The minimum absolute atomic E-state index is 0.0720. The van der Waals surface area contributed by atoms with Crippen molar-refractivity contribution >= 4 is 40.6 Å². The van der Waals surface area contributed by atoms with Gasteiger partial charge in [0.15, 0.2) is 0 Å². The van der Waals surface area contributed by atoms with Crippen LogP contribution in [-0.2, 0) is 0 Å². The maximum Gasteiger partial charge on any atom is 0.224 e. The molecule has 0 fully saturated rings. The summed E-state index contributed by atoms with van der Waals surface area (Å²) in [5, 5.41) is 13.4. The first-order chi connectivity index (χ1) is 9.11. The number of benzene rings is 1. The molecule has 0 aliphatic rings. The van der Waals surface area contributed by atoms with Crippen LogP contribution in [0.5, 0.6) is 0 Å². The van der Waals surface area contributed by atoms with Crippen LogP contribution < -0.4 is 5.32 Å². The topological polar surface area (TPSA) is 58.0 Å². The molecule has 1 heterocycles. The Bertz CT molecular complexity index is 580. The number of hydrogen-bond acceptors (Lipinski definition) is 4. The number of aliphatic hydroxyl groups is 1. The van der Waals surface area contributed by atoms with Gasteiger partial charge in [-0.05, 0) is 23.2 Å². The molecule has 2 N–H and O–H groups in total. The van der Waals surface area contributed by atoms with E-state index < -0.39 is 6.04 Å². The number of anilines is 1. The van der Waals surface area contributed by atoms with E-state index >= 15 is 0 Å². The number of aromatic nitrogens is 2. The second-order valence-electron chi connectivity index (χ2n) is 3.74.